The van der Waals surface area contributed by atoms with Crippen LogP contribution in [-0.2, 0) is 6.54 Å². The molecule has 0 unspecified atom stereocenters. The molecular weight excluding hydrogens is 340 g/mol. The molecule has 0 atom stereocenters. The zero-order chi connectivity index (χ0) is 15.5. The van der Waals surface area contributed by atoms with E-state index in [2.05, 4.69) is 26.2 Å². The molecule has 1 aromatic heterocycles. The molecule has 0 saturated carbocycles. The van der Waals surface area contributed by atoms with Crippen molar-refractivity contribution in [3.05, 3.63) is 75.9 Å². The van der Waals surface area contributed by atoms with Crippen molar-refractivity contribution < 1.29 is 4.79 Å². The van der Waals surface area contributed by atoms with Crippen molar-refractivity contribution >= 4 is 32.7 Å². The molecule has 0 radical (unpaired) electrons. The van der Waals surface area contributed by atoms with E-state index in [0.717, 1.165) is 26.6 Å². The third-order valence-corrected chi connectivity index (χ3v) is 3.99. The monoisotopic (exact) mass is 354 g/mol. The van der Waals surface area contributed by atoms with E-state index in [0.29, 0.717) is 12.1 Å². The number of pyridine rings is 1. The van der Waals surface area contributed by atoms with Gasteiger partial charge in [-0.25, -0.2) is 0 Å². The molecule has 1 heterocycles. The van der Waals surface area contributed by atoms with Crippen LogP contribution in [0, 0.1) is 6.92 Å². The number of aromatic nitrogens is 1. The summed E-state index contributed by atoms with van der Waals surface area (Å²) in [5.74, 6) is -0.101. The van der Waals surface area contributed by atoms with Gasteiger partial charge in [-0.05, 0) is 36.8 Å². The minimum atomic E-state index is -0.101. The topological polar surface area (TPSA) is 42.0 Å². The van der Waals surface area contributed by atoms with Crippen LogP contribution >= 0.6 is 15.9 Å². The van der Waals surface area contributed by atoms with Crippen LogP contribution in [-0.4, -0.2) is 10.9 Å². The lowest BCUT2D eigenvalue weighted by molar-refractivity contribution is 0.0950. The lowest BCUT2D eigenvalue weighted by atomic mass is 10.1. The fraction of sp³-hybridized carbons (Fsp3) is 0.111. The molecule has 2 aromatic carbocycles. The highest BCUT2D eigenvalue weighted by molar-refractivity contribution is 9.10. The number of nitrogens with zero attached hydrogens (tertiary/aromatic N) is 1. The number of benzene rings is 2. The van der Waals surface area contributed by atoms with Crippen LogP contribution in [0.4, 0.5) is 0 Å². The van der Waals surface area contributed by atoms with Crippen molar-refractivity contribution in [3.8, 4) is 0 Å². The van der Waals surface area contributed by atoms with E-state index in [1.807, 2.05) is 61.5 Å². The SMILES string of the molecule is Cc1nc2ccccc2cc1C(=O)NCc1cccc(Br)c1. The van der Waals surface area contributed by atoms with Crippen LogP contribution in [0.2, 0.25) is 0 Å². The molecule has 22 heavy (non-hydrogen) atoms. The second-order valence-electron chi connectivity index (χ2n) is 5.13. The predicted octanol–water partition coefficient (Wildman–Crippen LogP) is 4.24. The average molecular weight is 355 g/mol. The third-order valence-electron chi connectivity index (χ3n) is 3.50. The standard InChI is InChI=1S/C18H15BrN2O/c1-12-16(10-14-6-2-3-8-17(14)21-12)18(22)20-11-13-5-4-7-15(19)9-13/h2-10H,11H2,1H3,(H,20,22). The second-order valence-corrected chi connectivity index (χ2v) is 6.04. The van der Waals surface area contributed by atoms with Gasteiger partial charge >= 0.3 is 0 Å². The summed E-state index contributed by atoms with van der Waals surface area (Å²) < 4.78 is 1.00. The lowest BCUT2D eigenvalue weighted by Gasteiger charge is -2.09. The maximum absolute atomic E-state index is 12.4. The first kappa shape index (κ1) is 14.7. The largest absolute Gasteiger partial charge is 0.348 e. The highest BCUT2D eigenvalue weighted by Gasteiger charge is 2.11. The molecule has 0 saturated heterocycles. The van der Waals surface area contributed by atoms with Gasteiger partial charge in [0.2, 0.25) is 0 Å². The number of halogens is 1. The number of aryl methyl sites for hydroxylation is 1. The summed E-state index contributed by atoms with van der Waals surface area (Å²) in [6, 6.07) is 17.6. The van der Waals surface area contributed by atoms with Crippen molar-refractivity contribution in [1.29, 1.82) is 0 Å². The van der Waals surface area contributed by atoms with Gasteiger partial charge in [-0.1, -0.05) is 46.3 Å². The zero-order valence-electron chi connectivity index (χ0n) is 12.1. The van der Waals surface area contributed by atoms with E-state index >= 15 is 0 Å². The number of hydrogen-bond acceptors (Lipinski definition) is 2. The summed E-state index contributed by atoms with van der Waals surface area (Å²) in [5, 5.41) is 3.92. The minimum absolute atomic E-state index is 0.101. The van der Waals surface area contributed by atoms with Gasteiger partial charge in [0.15, 0.2) is 0 Å². The van der Waals surface area contributed by atoms with Crippen molar-refractivity contribution in [2.24, 2.45) is 0 Å². The van der Waals surface area contributed by atoms with E-state index in [1.165, 1.54) is 0 Å². The molecule has 1 amide bonds. The quantitative estimate of drug-likeness (QED) is 0.764. The van der Waals surface area contributed by atoms with Gasteiger partial charge in [-0.3, -0.25) is 9.78 Å². The molecule has 0 aliphatic heterocycles. The summed E-state index contributed by atoms with van der Waals surface area (Å²) in [6.45, 7) is 2.35. The number of hydrogen-bond donors (Lipinski definition) is 1. The van der Waals surface area contributed by atoms with E-state index in [-0.39, 0.29) is 5.91 Å². The molecule has 3 nitrogen and oxygen atoms in total. The Labute approximate surface area is 137 Å². The van der Waals surface area contributed by atoms with Gasteiger partial charge in [0.05, 0.1) is 16.8 Å². The molecule has 3 rings (SSSR count). The number of carbonyl (C=O) groups excluding carboxylic acids is 1. The number of nitrogens with one attached hydrogen (secondary N) is 1. The molecular formula is C18H15BrN2O. The molecule has 0 fully saturated rings. The van der Waals surface area contributed by atoms with Crippen molar-refractivity contribution in [2.75, 3.05) is 0 Å². The third kappa shape index (κ3) is 3.17. The van der Waals surface area contributed by atoms with Gasteiger partial charge in [0.1, 0.15) is 0 Å². The summed E-state index contributed by atoms with van der Waals surface area (Å²) in [4.78, 5) is 16.9. The average Bonchev–Trinajstić information content (AvgIpc) is 2.52. The fourth-order valence-corrected chi connectivity index (χ4v) is 2.81. The van der Waals surface area contributed by atoms with Gasteiger partial charge in [-0.15, -0.1) is 0 Å². The molecule has 0 aliphatic rings. The Morgan fingerprint density at radius 3 is 2.77 bits per heavy atom. The van der Waals surface area contributed by atoms with Crippen molar-refractivity contribution in [2.45, 2.75) is 13.5 Å². The molecule has 0 aliphatic carbocycles. The first-order valence-corrected chi connectivity index (χ1v) is 7.82. The van der Waals surface area contributed by atoms with E-state index < -0.39 is 0 Å². The normalized spacial score (nSPS) is 10.6. The Kier molecular flexibility index (Phi) is 4.20. The Bertz CT molecular complexity index is 845. The Hall–Kier alpha value is -2.20. The predicted molar refractivity (Wildman–Crippen MR) is 91.8 cm³/mol. The summed E-state index contributed by atoms with van der Waals surface area (Å²) in [5.41, 5.74) is 3.32. The van der Waals surface area contributed by atoms with Gasteiger partial charge in [0.25, 0.3) is 5.91 Å². The van der Waals surface area contributed by atoms with Gasteiger partial charge in [-0.2, -0.15) is 0 Å². The van der Waals surface area contributed by atoms with E-state index in [4.69, 9.17) is 0 Å². The number of carbonyl (C=O) groups is 1. The summed E-state index contributed by atoms with van der Waals surface area (Å²) in [7, 11) is 0. The molecule has 0 spiro atoms. The van der Waals surface area contributed by atoms with Crippen LogP contribution in [0.5, 0.6) is 0 Å². The Balaban J connectivity index is 1.81. The van der Waals surface area contributed by atoms with Gasteiger partial charge < -0.3 is 5.32 Å². The van der Waals surface area contributed by atoms with E-state index in [1.54, 1.807) is 0 Å². The number of para-hydroxylation sites is 1. The zero-order valence-corrected chi connectivity index (χ0v) is 13.7. The van der Waals surface area contributed by atoms with Crippen LogP contribution in [0.3, 0.4) is 0 Å². The molecule has 110 valence electrons. The maximum atomic E-state index is 12.4. The maximum Gasteiger partial charge on any atom is 0.253 e. The second kappa shape index (κ2) is 6.28. The first-order valence-electron chi connectivity index (χ1n) is 7.02. The van der Waals surface area contributed by atoms with Crippen LogP contribution in [0.15, 0.2) is 59.1 Å². The summed E-state index contributed by atoms with van der Waals surface area (Å²) in [6.07, 6.45) is 0. The minimum Gasteiger partial charge on any atom is -0.348 e. The Morgan fingerprint density at radius 2 is 1.95 bits per heavy atom. The smallest absolute Gasteiger partial charge is 0.253 e. The van der Waals surface area contributed by atoms with Crippen molar-refractivity contribution in [3.63, 3.8) is 0 Å². The number of fused-ring (bicyclic) bond motifs is 1. The lowest BCUT2D eigenvalue weighted by Crippen LogP contribution is -2.24. The Morgan fingerprint density at radius 1 is 1.14 bits per heavy atom. The van der Waals surface area contributed by atoms with Crippen molar-refractivity contribution in [1.82, 2.24) is 10.3 Å². The highest BCUT2D eigenvalue weighted by atomic mass is 79.9. The highest BCUT2D eigenvalue weighted by Crippen LogP contribution is 2.16. The molecule has 1 N–H and O–H groups in total. The fourth-order valence-electron chi connectivity index (χ4n) is 2.37. The van der Waals surface area contributed by atoms with E-state index in [9.17, 15) is 4.79 Å². The van der Waals surface area contributed by atoms with Crippen LogP contribution in [0.25, 0.3) is 10.9 Å². The number of rotatable bonds is 3. The molecule has 0 bridgehead atoms. The first-order chi connectivity index (χ1) is 10.6. The van der Waals surface area contributed by atoms with Gasteiger partial charge in [0, 0.05) is 16.4 Å². The molecule has 4 heteroatoms. The number of amides is 1. The van der Waals surface area contributed by atoms with Crippen LogP contribution < -0.4 is 5.32 Å². The summed E-state index contributed by atoms with van der Waals surface area (Å²) >= 11 is 3.43. The van der Waals surface area contributed by atoms with Crippen LogP contribution in [0.1, 0.15) is 21.6 Å². The molecule has 3 aromatic rings.